The number of anilines is 1. The summed E-state index contributed by atoms with van der Waals surface area (Å²) in [6.45, 7) is 2.24. The number of hydrogen-bond donors (Lipinski definition) is 1. The Morgan fingerprint density at radius 2 is 2.44 bits per heavy atom. The lowest BCUT2D eigenvalue weighted by Gasteiger charge is -2.17. The minimum absolute atomic E-state index is 0.0177. The SMILES string of the molecule is COCC(=O)Nc1sc2c(c1C#N)CC[C@H](C)C2. The van der Waals surface area contributed by atoms with Gasteiger partial charge in [-0.15, -0.1) is 11.3 Å². The van der Waals surface area contributed by atoms with Gasteiger partial charge in [-0.2, -0.15) is 5.26 Å². The Labute approximate surface area is 111 Å². The summed E-state index contributed by atoms with van der Waals surface area (Å²) in [5.74, 6) is 0.450. The van der Waals surface area contributed by atoms with E-state index in [-0.39, 0.29) is 12.5 Å². The number of methoxy groups -OCH3 is 1. The molecule has 0 radical (unpaired) electrons. The van der Waals surface area contributed by atoms with Crippen LogP contribution in [-0.4, -0.2) is 19.6 Å². The van der Waals surface area contributed by atoms with Gasteiger partial charge in [-0.1, -0.05) is 6.92 Å². The molecule has 0 spiro atoms. The third kappa shape index (κ3) is 2.55. The minimum atomic E-state index is -0.208. The van der Waals surface area contributed by atoms with E-state index >= 15 is 0 Å². The van der Waals surface area contributed by atoms with Crippen molar-refractivity contribution in [1.29, 1.82) is 5.26 Å². The number of nitrogens with zero attached hydrogens (tertiary/aromatic N) is 1. The molecule has 0 saturated carbocycles. The summed E-state index contributed by atoms with van der Waals surface area (Å²) in [6, 6.07) is 2.22. The summed E-state index contributed by atoms with van der Waals surface area (Å²) in [6.07, 6.45) is 3.06. The molecule has 0 bridgehead atoms. The van der Waals surface area contributed by atoms with E-state index in [1.54, 1.807) is 0 Å². The molecule has 1 amide bonds. The Morgan fingerprint density at radius 1 is 1.67 bits per heavy atom. The molecule has 1 N–H and O–H groups in total. The zero-order valence-electron chi connectivity index (χ0n) is 10.6. The average Bonchev–Trinajstić information content (AvgIpc) is 2.65. The number of carbonyl (C=O) groups is 1. The zero-order valence-corrected chi connectivity index (χ0v) is 11.4. The van der Waals surface area contributed by atoms with Crippen molar-refractivity contribution >= 4 is 22.2 Å². The summed E-state index contributed by atoms with van der Waals surface area (Å²) in [5.41, 5.74) is 1.78. The first-order chi connectivity index (χ1) is 8.65. The number of thiophene rings is 1. The maximum atomic E-state index is 11.5. The van der Waals surface area contributed by atoms with Crippen LogP contribution in [0.3, 0.4) is 0 Å². The lowest BCUT2D eigenvalue weighted by molar-refractivity contribution is -0.119. The molecule has 1 aromatic rings. The van der Waals surface area contributed by atoms with Crippen molar-refractivity contribution in [3.63, 3.8) is 0 Å². The lowest BCUT2D eigenvalue weighted by atomic mass is 9.89. The average molecular weight is 264 g/mol. The highest BCUT2D eigenvalue weighted by molar-refractivity contribution is 7.16. The van der Waals surface area contributed by atoms with Gasteiger partial charge in [0, 0.05) is 12.0 Å². The first kappa shape index (κ1) is 13.1. The molecule has 1 aliphatic rings. The maximum absolute atomic E-state index is 11.5. The second kappa shape index (κ2) is 5.51. The van der Waals surface area contributed by atoms with Crippen LogP contribution in [0, 0.1) is 17.2 Å². The first-order valence-electron chi connectivity index (χ1n) is 5.99. The van der Waals surface area contributed by atoms with Crippen LogP contribution in [0.1, 0.15) is 29.3 Å². The zero-order chi connectivity index (χ0) is 13.1. The number of hydrogen-bond acceptors (Lipinski definition) is 4. The van der Waals surface area contributed by atoms with E-state index in [0.29, 0.717) is 16.5 Å². The number of carbonyl (C=O) groups excluding carboxylic acids is 1. The highest BCUT2D eigenvalue weighted by Gasteiger charge is 2.24. The second-order valence-electron chi connectivity index (χ2n) is 4.65. The van der Waals surface area contributed by atoms with Crippen LogP contribution < -0.4 is 5.32 Å². The van der Waals surface area contributed by atoms with Gasteiger partial charge < -0.3 is 10.1 Å². The summed E-state index contributed by atoms with van der Waals surface area (Å²) >= 11 is 1.53. The Balaban J connectivity index is 2.26. The van der Waals surface area contributed by atoms with Crippen LogP contribution in [-0.2, 0) is 22.4 Å². The topological polar surface area (TPSA) is 62.1 Å². The molecule has 4 nitrogen and oxygen atoms in total. The molecule has 1 heterocycles. The Bertz CT molecular complexity index is 502. The molecule has 0 aromatic carbocycles. The van der Waals surface area contributed by atoms with Crippen molar-refractivity contribution in [1.82, 2.24) is 0 Å². The Morgan fingerprint density at radius 3 is 3.11 bits per heavy atom. The van der Waals surface area contributed by atoms with Crippen LogP contribution >= 0.6 is 11.3 Å². The van der Waals surface area contributed by atoms with Crippen LogP contribution in [0.25, 0.3) is 0 Å². The monoisotopic (exact) mass is 264 g/mol. The molecular weight excluding hydrogens is 248 g/mol. The minimum Gasteiger partial charge on any atom is -0.375 e. The molecule has 0 saturated heterocycles. The van der Waals surface area contributed by atoms with E-state index in [9.17, 15) is 10.1 Å². The van der Waals surface area contributed by atoms with Gasteiger partial charge in [-0.25, -0.2) is 0 Å². The fraction of sp³-hybridized carbons (Fsp3) is 0.538. The molecule has 5 heteroatoms. The van der Waals surface area contributed by atoms with E-state index in [1.165, 1.54) is 23.3 Å². The van der Waals surface area contributed by atoms with E-state index in [1.807, 2.05) is 0 Å². The van der Waals surface area contributed by atoms with E-state index in [0.717, 1.165) is 24.8 Å². The number of amides is 1. The summed E-state index contributed by atoms with van der Waals surface area (Å²) in [4.78, 5) is 12.8. The molecule has 2 rings (SSSR count). The summed E-state index contributed by atoms with van der Waals surface area (Å²) in [5, 5.41) is 12.7. The fourth-order valence-corrected chi connectivity index (χ4v) is 3.63. The van der Waals surface area contributed by atoms with Crippen molar-refractivity contribution in [2.45, 2.75) is 26.2 Å². The molecule has 1 aromatic heterocycles. The van der Waals surface area contributed by atoms with Gasteiger partial charge >= 0.3 is 0 Å². The van der Waals surface area contributed by atoms with Crippen molar-refractivity contribution in [2.75, 3.05) is 19.0 Å². The van der Waals surface area contributed by atoms with E-state index < -0.39 is 0 Å². The lowest BCUT2D eigenvalue weighted by Crippen LogP contribution is -2.17. The van der Waals surface area contributed by atoms with Gasteiger partial charge in [-0.05, 0) is 30.7 Å². The van der Waals surface area contributed by atoms with Gasteiger partial charge in [0.15, 0.2) is 0 Å². The Hall–Kier alpha value is -1.38. The number of nitrogens with one attached hydrogen (secondary N) is 1. The molecular formula is C13H16N2O2S. The van der Waals surface area contributed by atoms with Crippen molar-refractivity contribution in [2.24, 2.45) is 5.92 Å². The molecule has 0 unspecified atom stereocenters. The first-order valence-corrected chi connectivity index (χ1v) is 6.80. The second-order valence-corrected chi connectivity index (χ2v) is 5.75. The standard InChI is InChI=1S/C13H16N2O2S/c1-8-3-4-9-10(6-14)13(18-11(9)5-8)15-12(16)7-17-2/h8H,3-5,7H2,1-2H3,(H,15,16)/t8-/m0/s1. The van der Waals surface area contributed by atoms with Gasteiger partial charge in [0.1, 0.15) is 17.7 Å². The number of rotatable bonds is 3. The molecule has 0 aliphatic heterocycles. The number of fused-ring (bicyclic) bond motifs is 1. The van der Waals surface area contributed by atoms with Gasteiger partial charge in [0.25, 0.3) is 5.91 Å². The largest absolute Gasteiger partial charge is 0.375 e. The number of ether oxygens (including phenoxy) is 1. The fourth-order valence-electron chi connectivity index (χ4n) is 2.25. The normalized spacial score (nSPS) is 17.9. The van der Waals surface area contributed by atoms with Crippen LogP contribution in [0.15, 0.2) is 0 Å². The predicted molar refractivity (Wildman–Crippen MR) is 70.7 cm³/mol. The van der Waals surface area contributed by atoms with Crippen LogP contribution in [0.5, 0.6) is 0 Å². The van der Waals surface area contributed by atoms with Gasteiger partial charge in [0.2, 0.25) is 0 Å². The van der Waals surface area contributed by atoms with E-state index in [2.05, 4.69) is 18.3 Å². The quantitative estimate of drug-likeness (QED) is 0.911. The third-order valence-corrected chi connectivity index (χ3v) is 4.32. The predicted octanol–water partition coefficient (Wildman–Crippen LogP) is 2.33. The third-order valence-electron chi connectivity index (χ3n) is 3.15. The van der Waals surface area contributed by atoms with Crippen molar-refractivity contribution < 1.29 is 9.53 Å². The van der Waals surface area contributed by atoms with E-state index in [4.69, 9.17) is 4.74 Å². The smallest absolute Gasteiger partial charge is 0.250 e. The molecule has 96 valence electrons. The molecule has 0 fully saturated rings. The van der Waals surface area contributed by atoms with Crippen LogP contribution in [0.2, 0.25) is 0 Å². The van der Waals surface area contributed by atoms with Gasteiger partial charge in [0.05, 0.1) is 5.56 Å². The molecule has 18 heavy (non-hydrogen) atoms. The maximum Gasteiger partial charge on any atom is 0.250 e. The highest BCUT2D eigenvalue weighted by Crippen LogP contribution is 2.39. The van der Waals surface area contributed by atoms with Crippen molar-refractivity contribution in [3.8, 4) is 6.07 Å². The number of nitriles is 1. The molecule has 1 aliphatic carbocycles. The highest BCUT2D eigenvalue weighted by atomic mass is 32.1. The van der Waals surface area contributed by atoms with Crippen LogP contribution in [0.4, 0.5) is 5.00 Å². The molecule has 1 atom stereocenters. The summed E-state index contributed by atoms with van der Waals surface area (Å²) in [7, 11) is 1.48. The Kier molecular flexibility index (Phi) is 4.00. The summed E-state index contributed by atoms with van der Waals surface area (Å²) < 4.78 is 4.78. The van der Waals surface area contributed by atoms with Crippen molar-refractivity contribution in [3.05, 3.63) is 16.0 Å². The van der Waals surface area contributed by atoms with Gasteiger partial charge in [-0.3, -0.25) is 4.79 Å².